The van der Waals surface area contributed by atoms with Crippen LogP contribution in [0.25, 0.3) is 0 Å². The van der Waals surface area contributed by atoms with Gasteiger partial charge in [-0.2, -0.15) is 0 Å². The van der Waals surface area contributed by atoms with Crippen molar-refractivity contribution in [3.8, 4) is 5.88 Å². The monoisotopic (exact) mass is 615 g/mol. The third-order valence-electron chi connectivity index (χ3n) is 9.23. The number of piperidine rings is 1. The highest BCUT2D eigenvalue weighted by molar-refractivity contribution is 5.99. The summed E-state index contributed by atoms with van der Waals surface area (Å²) in [5.74, 6) is -0.0300. The van der Waals surface area contributed by atoms with Gasteiger partial charge in [0, 0.05) is 52.0 Å². The molecule has 45 heavy (non-hydrogen) atoms. The number of hydrogen-bond acceptors (Lipinski definition) is 8. The number of nitrogens with zero attached hydrogens (tertiary/aromatic N) is 6. The number of carbonyl (C=O) groups is 3. The molecular weight excluding hydrogens is 574 g/mol. The fourth-order valence-electron chi connectivity index (χ4n) is 6.88. The van der Waals surface area contributed by atoms with Gasteiger partial charge in [-0.3, -0.25) is 14.4 Å². The second-order valence-electron chi connectivity index (χ2n) is 12.3. The van der Waals surface area contributed by atoms with Crippen LogP contribution in [0, 0.1) is 11.8 Å². The maximum absolute atomic E-state index is 14.1. The van der Waals surface area contributed by atoms with Crippen molar-refractivity contribution >= 4 is 17.7 Å². The number of pyridine rings is 1. The first-order valence-corrected chi connectivity index (χ1v) is 15.9. The zero-order chi connectivity index (χ0) is 31.2. The fraction of sp³-hybridized carbons (Fsp3) is 0.515. The minimum Gasteiger partial charge on any atom is -0.477 e. The van der Waals surface area contributed by atoms with Crippen molar-refractivity contribution in [1.29, 1.82) is 0 Å². The topological polar surface area (TPSA) is 132 Å². The van der Waals surface area contributed by atoms with Crippen LogP contribution in [-0.2, 0) is 27.3 Å². The Morgan fingerprint density at radius 3 is 2.80 bits per heavy atom. The lowest BCUT2D eigenvalue weighted by Crippen LogP contribution is -2.54. The summed E-state index contributed by atoms with van der Waals surface area (Å²) in [7, 11) is 1.67. The van der Waals surface area contributed by atoms with E-state index in [1.807, 2.05) is 46.3 Å². The van der Waals surface area contributed by atoms with Crippen molar-refractivity contribution < 1.29 is 23.9 Å². The van der Waals surface area contributed by atoms with Gasteiger partial charge in [0.05, 0.1) is 31.5 Å². The molecule has 12 heteroatoms. The lowest BCUT2D eigenvalue weighted by molar-refractivity contribution is -0.138. The van der Waals surface area contributed by atoms with E-state index in [1.54, 1.807) is 30.1 Å². The van der Waals surface area contributed by atoms with Crippen LogP contribution in [0.1, 0.15) is 53.7 Å². The molecule has 12 nitrogen and oxygen atoms in total. The molecule has 3 aliphatic heterocycles. The Kier molecular flexibility index (Phi) is 9.68. The summed E-state index contributed by atoms with van der Waals surface area (Å²) in [4.78, 5) is 49.2. The van der Waals surface area contributed by atoms with Crippen LogP contribution in [0.15, 0.2) is 54.9 Å². The summed E-state index contributed by atoms with van der Waals surface area (Å²) in [5.41, 5.74) is 1.96. The predicted molar refractivity (Wildman–Crippen MR) is 164 cm³/mol. The number of likely N-dealkylation sites (tertiary alicyclic amines) is 1. The van der Waals surface area contributed by atoms with E-state index < -0.39 is 11.9 Å². The minimum absolute atomic E-state index is 0.0600. The van der Waals surface area contributed by atoms with Crippen LogP contribution < -0.4 is 10.1 Å². The maximum atomic E-state index is 14.1. The van der Waals surface area contributed by atoms with Crippen molar-refractivity contribution in [3.63, 3.8) is 0 Å². The van der Waals surface area contributed by atoms with E-state index in [2.05, 4.69) is 20.6 Å². The number of hydrogen-bond donors (Lipinski definition) is 1. The summed E-state index contributed by atoms with van der Waals surface area (Å²) in [6.45, 7) is 3.20. The summed E-state index contributed by atoms with van der Waals surface area (Å²) >= 11 is 0. The quantitative estimate of drug-likeness (QED) is 0.409. The van der Waals surface area contributed by atoms with Crippen LogP contribution >= 0.6 is 0 Å². The Morgan fingerprint density at radius 2 is 1.96 bits per heavy atom. The molecule has 2 aromatic heterocycles. The molecule has 0 aliphatic carbocycles. The first kappa shape index (κ1) is 30.7. The van der Waals surface area contributed by atoms with E-state index in [-0.39, 0.29) is 47.6 Å². The molecular formula is C33H41N7O5. The van der Waals surface area contributed by atoms with Crippen molar-refractivity contribution in [1.82, 2.24) is 35.1 Å². The van der Waals surface area contributed by atoms with E-state index in [4.69, 9.17) is 9.47 Å². The SMILES string of the molecule is COC[C@@H]1CCCN1C(=O)C[C@@H]1CCN2C[C@@H]1CCOc1ncccc1C(=O)N[C@H](Cc1cn(Cc3ccccc3)nn1)C2=O. The largest absolute Gasteiger partial charge is 0.477 e. The van der Waals surface area contributed by atoms with Gasteiger partial charge in [0.2, 0.25) is 17.7 Å². The standard InChI is InChI=1S/C33H41N7O5/c1-44-22-27-9-6-14-40(27)30(41)17-24-11-15-38-20-25(24)12-16-45-32-28(10-5-13-34-32)31(42)35-29(33(38)43)18-26-21-39(37-36-26)19-23-7-3-2-4-8-23/h2-5,7-8,10,13,21,24-25,27,29H,6,9,11-12,14-20,22H2,1H3,(H,35,42)/t24-,25-,27-,29+/m0/s1. The summed E-state index contributed by atoms with van der Waals surface area (Å²) in [6.07, 6.45) is 7.32. The predicted octanol–water partition coefficient (Wildman–Crippen LogP) is 2.34. The number of methoxy groups -OCH3 is 1. The third-order valence-corrected chi connectivity index (χ3v) is 9.23. The number of ether oxygens (including phenoxy) is 2. The molecule has 6 rings (SSSR count). The van der Waals surface area contributed by atoms with Gasteiger partial charge in [-0.1, -0.05) is 35.5 Å². The number of rotatable bonds is 8. The number of benzene rings is 1. The molecule has 3 amide bonds. The highest BCUT2D eigenvalue weighted by Gasteiger charge is 2.38. The van der Waals surface area contributed by atoms with Gasteiger partial charge in [-0.15, -0.1) is 5.10 Å². The van der Waals surface area contributed by atoms with Crippen molar-refractivity contribution in [3.05, 3.63) is 71.7 Å². The van der Waals surface area contributed by atoms with Gasteiger partial charge in [0.15, 0.2) is 0 Å². The van der Waals surface area contributed by atoms with Crippen molar-refractivity contribution in [2.24, 2.45) is 11.8 Å². The molecule has 5 heterocycles. The van der Waals surface area contributed by atoms with E-state index >= 15 is 0 Å². The molecule has 1 N–H and O–H groups in total. The molecule has 0 spiro atoms. The molecule has 1 aromatic carbocycles. The maximum Gasteiger partial charge on any atom is 0.257 e. The molecule has 2 bridgehead atoms. The first-order valence-electron chi connectivity index (χ1n) is 15.9. The lowest BCUT2D eigenvalue weighted by atomic mass is 9.80. The number of fused-ring (bicyclic) bond motifs is 3. The van der Waals surface area contributed by atoms with E-state index in [0.29, 0.717) is 57.8 Å². The highest BCUT2D eigenvalue weighted by atomic mass is 16.5. The Bertz CT molecular complexity index is 1480. The Morgan fingerprint density at radius 1 is 1.09 bits per heavy atom. The van der Waals surface area contributed by atoms with Gasteiger partial charge >= 0.3 is 0 Å². The van der Waals surface area contributed by atoms with Crippen LogP contribution in [-0.4, -0.2) is 99.5 Å². The van der Waals surface area contributed by atoms with Crippen molar-refractivity contribution in [2.45, 2.75) is 57.2 Å². The normalized spacial score (nSPS) is 23.8. The second kappa shape index (κ2) is 14.2. The molecule has 0 saturated carbocycles. The first-order chi connectivity index (χ1) is 22.0. The van der Waals surface area contributed by atoms with Gasteiger partial charge in [-0.25, -0.2) is 9.67 Å². The smallest absolute Gasteiger partial charge is 0.257 e. The van der Waals surface area contributed by atoms with E-state index in [9.17, 15) is 14.4 Å². The van der Waals surface area contributed by atoms with Gasteiger partial charge in [0.1, 0.15) is 11.6 Å². The van der Waals surface area contributed by atoms with Crippen LogP contribution in [0.2, 0.25) is 0 Å². The Labute approximate surface area is 263 Å². The Hall–Kier alpha value is -4.32. The second-order valence-corrected chi connectivity index (χ2v) is 12.3. The molecule has 3 aromatic rings. The number of aromatic nitrogens is 4. The Balaban J connectivity index is 1.21. The zero-order valence-electron chi connectivity index (χ0n) is 25.7. The number of amides is 3. The highest BCUT2D eigenvalue weighted by Crippen LogP contribution is 2.32. The average molecular weight is 616 g/mol. The molecule has 0 radical (unpaired) electrons. The van der Waals surface area contributed by atoms with Gasteiger partial charge in [-0.05, 0) is 55.2 Å². The molecule has 238 valence electrons. The summed E-state index contributed by atoms with van der Waals surface area (Å²) in [6, 6.07) is 12.5. The van der Waals surface area contributed by atoms with Gasteiger partial charge < -0.3 is 24.6 Å². The van der Waals surface area contributed by atoms with Crippen LogP contribution in [0.5, 0.6) is 5.88 Å². The molecule has 3 aliphatic rings. The average Bonchev–Trinajstić information content (AvgIpc) is 3.71. The molecule has 4 atom stereocenters. The molecule has 2 saturated heterocycles. The lowest BCUT2D eigenvalue weighted by Gasteiger charge is -2.40. The molecule has 0 unspecified atom stereocenters. The third kappa shape index (κ3) is 7.33. The summed E-state index contributed by atoms with van der Waals surface area (Å²) < 4.78 is 13.2. The summed E-state index contributed by atoms with van der Waals surface area (Å²) in [5, 5.41) is 11.5. The number of carbonyl (C=O) groups excluding carboxylic acids is 3. The molecule has 2 fully saturated rings. The minimum atomic E-state index is -0.856. The zero-order valence-corrected chi connectivity index (χ0v) is 25.7. The van der Waals surface area contributed by atoms with Crippen LogP contribution in [0.4, 0.5) is 0 Å². The number of nitrogens with one attached hydrogen (secondary N) is 1. The van der Waals surface area contributed by atoms with Crippen LogP contribution in [0.3, 0.4) is 0 Å². The van der Waals surface area contributed by atoms with Gasteiger partial charge in [0.25, 0.3) is 5.91 Å². The van der Waals surface area contributed by atoms with Crippen molar-refractivity contribution in [2.75, 3.05) is 40.0 Å². The van der Waals surface area contributed by atoms with E-state index in [0.717, 1.165) is 24.9 Å². The fourth-order valence-corrected chi connectivity index (χ4v) is 6.88. The van der Waals surface area contributed by atoms with E-state index in [1.165, 1.54) is 0 Å².